The van der Waals surface area contributed by atoms with E-state index in [9.17, 15) is 4.79 Å². The molecule has 0 aliphatic heterocycles. The molecule has 5 heteroatoms. The first kappa shape index (κ1) is 12.9. The third kappa shape index (κ3) is 2.44. The highest BCUT2D eigenvalue weighted by Gasteiger charge is 2.43. The molecule has 1 aliphatic carbocycles. The van der Waals surface area contributed by atoms with Crippen LogP contribution in [0.4, 0.5) is 5.69 Å². The van der Waals surface area contributed by atoms with E-state index in [-0.39, 0.29) is 17.9 Å². The number of ether oxygens (including phenoxy) is 1. The first-order valence-corrected chi connectivity index (χ1v) is 6.53. The second-order valence-electron chi connectivity index (χ2n) is 4.97. The quantitative estimate of drug-likeness (QED) is 0.929. The molecule has 3 rings (SSSR count). The number of amides is 1. The number of hydrogen-bond donors (Lipinski definition) is 1. The molecule has 1 heterocycles. The van der Waals surface area contributed by atoms with Crippen LogP contribution >= 0.6 is 0 Å². The van der Waals surface area contributed by atoms with Gasteiger partial charge in [-0.25, -0.2) is 4.98 Å². The van der Waals surface area contributed by atoms with Crippen molar-refractivity contribution in [3.05, 3.63) is 36.2 Å². The Labute approximate surface area is 117 Å². The Bertz CT molecular complexity index is 622. The third-order valence-corrected chi connectivity index (χ3v) is 3.55. The monoisotopic (exact) mass is 272 g/mol. The normalized spacial score (nSPS) is 20.7. The molecule has 20 heavy (non-hydrogen) atoms. The number of hydrogen-bond acceptors (Lipinski definition) is 4. The number of carbonyl (C=O) groups excluding carboxylic acids is 1. The topological polar surface area (TPSA) is 64.4 Å². The van der Waals surface area contributed by atoms with Gasteiger partial charge in [0.15, 0.2) is 0 Å². The predicted octanol–water partition coefficient (Wildman–Crippen LogP) is 2.62. The van der Waals surface area contributed by atoms with Crippen molar-refractivity contribution in [2.24, 2.45) is 5.92 Å². The average Bonchev–Trinajstić information content (AvgIpc) is 3.05. The van der Waals surface area contributed by atoms with Crippen LogP contribution in [0.2, 0.25) is 0 Å². The Morgan fingerprint density at radius 2 is 2.35 bits per heavy atom. The fraction of sp³-hybridized carbons (Fsp3) is 0.333. The molecular formula is C15H16N2O3. The number of methoxy groups -OCH3 is 1. The number of rotatable bonds is 4. The molecular weight excluding hydrogens is 256 g/mol. The van der Waals surface area contributed by atoms with Gasteiger partial charge < -0.3 is 14.5 Å². The highest BCUT2D eigenvalue weighted by atomic mass is 16.5. The smallest absolute Gasteiger partial charge is 0.230 e. The van der Waals surface area contributed by atoms with Crippen LogP contribution in [0.3, 0.4) is 0 Å². The zero-order valence-electron chi connectivity index (χ0n) is 11.4. The maximum Gasteiger partial charge on any atom is 0.230 e. The minimum Gasteiger partial charge on any atom is -0.445 e. The van der Waals surface area contributed by atoms with E-state index in [1.807, 2.05) is 25.1 Å². The van der Waals surface area contributed by atoms with Gasteiger partial charge in [-0.1, -0.05) is 6.07 Å². The molecule has 0 bridgehead atoms. The molecule has 1 aliphatic rings. The summed E-state index contributed by atoms with van der Waals surface area (Å²) in [7, 11) is 1.63. The second kappa shape index (κ2) is 5.09. The first-order valence-electron chi connectivity index (χ1n) is 6.53. The Morgan fingerprint density at radius 3 is 3.00 bits per heavy atom. The lowest BCUT2D eigenvalue weighted by atomic mass is 10.1. The highest BCUT2D eigenvalue weighted by molar-refractivity contribution is 5.95. The molecule has 5 nitrogen and oxygen atoms in total. The second-order valence-corrected chi connectivity index (χ2v) is 4.97. The van der Waals surface area contributed by atoms with Crippen molar-refractivity contribution in [2.45, 2.75) is 19.4 Å². The molecule has 1 saturated carbocycles. The minimum absolute atomic E-state index is 0.00417. The Hall–Kier alpha value is -2.14. The molecule has 0 unspecified atom stereocenters. The van der Waals surface area contributed by atoms with Gasteiger partial charge in [-0.3, -0.25) is 4.79 Å². The summed E-state index contributed by atoms with van der Waals surface area (Å²) in [6.45, 7) is 1.95. The Balaban J connectivity index is 1.79. The lowest BCUT2D eigenvalue weighted by molar-refractivity contribution is -0.118. The van der Waals surface area contributed by atoms with Crippen molar-refractivity contribution in [1.82, 2.24) is 4.98 Å². The van der Waals surface area contributed by atoms with Crippen molar-refractivity contribution in [1.29, 1.82) is 0 Å². The number of anilines is 1. The first-order chi connectivity index (χ1) is 9.69. The molecule has 1 N–H and O–H groups in total. The number of carbonyl (C=O) groups is 1. The van der Waals surface area contributed by atoms with Crippen LogP contribution in [-0.2, 0) is 9.53 Å². The number of oxazole rings is 1. The average molecular weight is 272 g/mol. The molecule has 2 atom stereocenters. The number of aryl methyl sites for hydroxylation is 1. The van der Waals surface area contributed by atoms with Gasteiger partial charge in [0.05, 0.1) is 18.2 Å². The van der Waals surface area contributed by atoms with Gasteiger partial charge in [0.2, 0.25) is 11.8 Å². The molecule has 0 spiro atoms. The van der Waals surface area contributed by atoms with Crippen molar-refractivity contribution >= 4 is 11.6 Å². The Kier molecular flexibility index (Phi) is 3.28. The fourth-order valence-corrected chi connectivity index (χ4v) is 2.19. The van der Waals surface area contributed by atoms with Crippen LogP contribution in [0, 0.1) is 12.8 Å². The summed E-state index contributed by atoms with van der Waals surface area (Å²) in [5, 5.41) is 2.95. The largest absolute Gasteiger partial charge is 0.445 e. The van der Waals surface area contributed by atoms with E-state index in [0.29, 0.717) is 5.89 Å². The fourth-order valence-electron chi connectivity index (χ4n) is 2.19. The minimum atomic E-state index is -0.0372. The van der Waals surface area contributed by atoms with E-state index in [4.69, 9.17) is 9.15 Å². The molecule has 104 valence electrons. The number of aromatic nitrogens is 1. The van der Waals surface area contributed by atoms with Crippen LogP contribution in [0.1, 0.15) is 12.0 Å². The van der Waals surface area contributed by atoms with Gasteiger partial charge in [0, 0.05) is 18.4 Å². The standard InChI is InChI=1S/C15H16N2O3/c1-9-3-4-10(15-16-5-6-20-15)7-12(9)17-14(18)11-8-13(11)19-2/h3-7,11,13H,8H2,1-2H3,(H,17,18)/t11-,13-/m1/s1. The van der Waals surface area contributed by atoms with E-state index in [0.717, 1.165) is 23.2 Å². The summed E-state index contributed by atoms with van der Waals surface area (Å²) < 4.78 is 10.4. The molecule has 1 fully saturated rings. The van der Waals surface area contributed by atoms with Gasteiger partial charge >= 0.3 is 0 Å². The molecule has 0 radical (unpaired) electrons. The predicted molar refractivity (Wildman–Crippen MR) is 74.2 cm³/mol. The van der Waals surface area contributed by atoms with Crippen molar-refractivity contribution < 1.29 is 13.9 Å². The summed E-state index contributed by atoms with van der Waals surface area (Å²) >= 11 is 0. The lowest BCUT2D eigenvalue weighted by Crippen LogP contribution is -2.17. The molecule has 1 amide bonds. The summed E-state index contributed by atoms with van der Waals surface area (Å²) in [6.07, 6.45) is 3.98. The molecule has 1 aromatic heterocycles. The maximum absolute atomic E-state index is 12.1. The van der Waals surface area contributed by atoms with E-state index in [1.165, 1.54) is 6.26 Å². The summed E-state index contributed by atoms with van der Waals surface area (Å²) in [6, 6.07) is 5.74. The summed E-state index contributed by atoms with van der Waals surface area (Å²) in [4.78, 5) is 16.2. The van der Waals surface area contributed by atoms with Crippen LogP contribution in [0.25, 0.3) is 11.5 Å². The van der Waals surface area contributed by atoms with Gasteiger partial charge in [0.25, 0.3) is 0 Å². The number of benzene rings is 1. The summed E-state index contributed by atoms with van der Waals surface area (Å²) in [5.74, 6) is 0.510. The van der Waals surface area contributed by atoms with Gasteiger partial charge in [-0.2, -0.15) is 0 Å². The zero-order valence-corrected chi connectivity index (χ0v) is 11.4. The highest BCUT2D eigenvalue weighted by Crippen LogP contribution is 2.34. The van der Waals surface area contributed by atoms with Gasteiger partial charge in [-0.05, 0) is 31.0 Å². The van der Waals surface area contributed by atoms with Crippen molar-refractivity contribution in [3.63, 3.8) is 0 Å². The zero-order chi connectivity index (χ0) is 14.1. The van der Waals surface area contributed by atoms with Crippen LogP contribution in [0.5, 0.6) is 0 Å². The van der Waals surface area contributed by atoms with Gasteiger partial charge in [-0.15, -0.1) is 0 Å². The van der Waals surface area contributed by atoms with E-state index in [2.05, 4.69) is 10.3 Å². The summed E-state index contributed by atoms with van der Waals surface area (Å²) in [5.41, 5.74) is 2.63. The maximum atomic E-state index is 12.1. The van der Waals surface area contributed by atoms with Crippen molar-refractivity contribution in [2.75, 3.05) is 12.4 Å². The Morgan fingerprint density at radius 1 is 1.50 bits per heavy atom. The van der Waals surface area contributed by atoms with Crippen LogP contribution in [0.15, 0.2) is 35.1 Å². The van der Waals surface area contributed by atoms with E-state index >= 15 is 0 Å². The van der Waals surface area contributed by atoms with Crippen LogP contribution in [-0.4, -0.2) is 24.1 Å². The molecule has 2 aromatic rings. The number of nitrogens with one attached hydrogen (secondary N) is 1. The SMILES string of the molecule is CO[C@@H]1C[C@H]1C(=O)Nc1cc(-c2ncco2)ccc1C. The third-order valence-electron chi connectivity index (χ3n) is 3.55. The van der Waals surface area contributed by atoms with Gasteiger partial charge in [0.1, 0.15) is 6.26 Å². The number of nitrogens with zero attached hydrogens (tertiary/aromatic N) is 1. The van der Waals surface area contributed by atoms with Crippen molar-refractivity contribution in [3.8, 4) is 11.5 Å². The molecule has 0 saturated heterocycles. The lowest BCUT2D eigenvalue weighted by Gasteiger charge is -2.09. The van der Waals surface area contributed by atoms with E-state index in [1.54, 1.807) is 13.3 Å². The van der Waals surface area contributed by atoms with Crippen LogP contribution < -0.4 is 5.32 Å². The molecule has 1 aromatic carbocycles. The van der Waals surface area contributed by atoms with E-state index < -0.39 is 0 Å².